The number of amides is 5. The molecule has 11 heteroatoms. The number of imide groups is 2. The number of urea groups is 1. The SMILES string of the molecule is CCN1C(=O)N(c2ccc(-c3cccc(C#N)c3N(C(C)=O)C(C)=O)cc2Cl)C(=O)C12CCN(Cc1ccc(N3CCCC3)cc1)CC2. The summed E-state index contributed by atoms with van der Waals surface area (Å²) in [6, 6.07) is 20.2. The average molecular weight is 667 g/mol. The summed E-state index contributed by atoms with van der Waals surface area (Å²) >= 11 is 6.82. The summed E-state index contributed by atoms with van der Waals surface area (Å²) in [5, 5.41) is 9.95. The molecule has 3 aromatic rings. The topological polar surface area (TPSA) is 108 Å². The Bertz CT molecular complexity index is 1790. The molecule has 3 aliphatic rings. The number of para-hydroxylation sites is 1. The van der Waals surface area contributed by atoms with Crippen molar-refractivity contribution >= 4 is 52.4 Å². The first-order valence-corrected chi connectivity index (χ1v) is 16.8. The molecule has 6 rings (SSSR count). The van der Waals surface area contributed by atoms with Crippen LogP contribution in [0.1, 0.15) is 57.6 Å². The second-order valence-electron chi connectivity index (χ2n) is 12.7. The molecule has 5 amide bonds. The van der Waals surface area contributed by atoms with Gasteiger partial charge in [-0.1, -0.05) is 41.9 Å². The molecule has 3 aliphatic heterocycles. The minimum absolute atomic E-state index is 0.147. The maximum atomic E-state index is 14.2. The highest BCUT2D eigenvalue weighted by atomic mass is 35.5. The van der Waals surface area contributed by atoms with Gasteiger partial charge in [0.05, 0.1) is 22.0 Å². The van der Waals surface area contributed by atoms with Gasteiger partial charge in [0.15, 0.2) is 0 Å². The summed E-state index contributed by atoms with van der Waals surface area (Å²) in [6.07, 6.45) is 3.51. The van der Waals surface area contributed by atoms with Crippen molar-refractivity contribution in [2.24, 2.45) is 0 Å². The van der Waals surface area contributed by atoms with Crippen LogP contribution in [0.2, 0.25) is 5.02 Å². The molecule has 0 aromatic heterocycles. The highest BCUT2D eigenvalue weighted by molar-refractivity contribution is 6.36. The number of nitriles is 1. The molecular weight excluding hydrogens is 628 g/mol. The molecule has 3 heterocycles. The third-order valence-corrected chi connectivity index (χ3v) is 10.2. The van der Waals surface area contributed by atoms with Crippen molar-refractivity contribution < 1.29 is 19.2 Å². The first kappa shape index (κ1) is 33.2. The number of benzene rings is 3. The Labute approximate surface area is 286 Å². The summed E-state index contributed by atoms with van der Waals surface area (Å²) in [6.45, 7) is 9.12. The van der Waals surface area contributed by atoms with E-state index in [1.54, 1.807) is 35.2 Å². The Morgan fingerprint density at radius 1 is 0.938 bits per heavy atom. The molecule has 0 bridgehead atoms. The zero-order valence-corrected chi connectivity index (χ0v) is 28.3. The molecule has 248 valence electrons. The van der Waals surface area contributed by atoms with Crippen LogP contribution in [-0.4, -0.2) is 71.8 Å². The number of hydrogen-bond acceptors (Lipinski definition) is 7. The van der Waals surface area contributed by atoms with Crippen LogP contribution in [0.4, 0.5) is 21.9 Å². The van der Waals surface area contributed by atoms with Crippen molar-refractivity contribution in [1.29, 1.82) is 5.26 Å². The van der Waals surface area contributed by atoms with Gasteiger partial charge in [-0.15, -0.1) is 0 Å². The van der Waals surface area contributed by atoms with Gasteiger partial charge >= 0.3 is 6.03 Å². The van der Waals surface area contributed by atoms with Gasteiger partial charge in [0, 0.05) is 64.4 Å². The Balaban J connectivity index is 1.23. The monoisotopic (exact) mass is 666 g/mol. The van der Waals surface area contributed by atoms with Crippen LogP contribution in [0.15, 0.2) is 60.7 Å². The molecule has 1 spiro atoms. The predicted octanol–water partition coefficient (Wildman–Crippen LogP) is 6.20. The number of carbonyl (C=O) groups excluding carboxylic acids is 4. The summed E-state index contributed by atoms with van der Waals surface area (Å²) < 4.78 is 0. The normalized spacial score (nSPS) is 17.7. The number of hydrogen-bond donors (Lipinski definition) is 0. The summed E-state index contributed by atoms with van der Waals surface area (Å²) in [4.78, 5) is 61.6. The maximum Gasteiger partial charge on any atom is 0.332 e. The lowest BCUT2D eigenvalue weighted by atomic mass is 9.85. The number of likely N-dealkylation sites (tertiary alicyclic amines) is 1. The second kappa shape index (κ2) is 13.4. The van der Waals surface area contributed by atoms with E-state index in [0.29, 0.717) is 43.6 Å². The van der Waals surface area contributed by atoms with Crippen molar-refractivity contribution in [2.75, 3.05) is 47.4 Å². The minimum Gasteiger partial charge on any atom is -0.372 e. The average Bonchev–Trinajstić information content (AvgIpc) is 3.68. The van der Waals surface area contributed by atoms with E-state index in [2.05, 4.69) is 40.1 Å². The van der Waals surface area contributed by atoms with Gasteiger partial charge in [-0.05, 0) is 74.1 Å². The van der Waals surface area contributed by atoms with Crippen molar-refractivity contribution in [3.8, 4) is 17.2 Å². The number of piperidine rings is 1. The molecule has 3 fully saturated rings. The van der Waals surface area contributed by atoms with Crippen LogP contribution in [0, 0.1) is 11.3 Å². The smallest absolute Gasteiger partial charge is 0.332 e. The van der Waals surface area contributed by atoms with Crippen molar-refractivity contribution in [2.45, 2.75) is 58.5 Å². The van der Waals surface area contributed by atoms with Gasteiger partial charge < -0.3 is 9.80 Å². The molecule has 0 atom stereocenters. The van der Waals surface area contributed by atoms with Crippen LogP contribution < -0.4 is 14.7 Å². The number of anilines is 3. The van der Waals surface area contributed by atoms with E-state index in [9.17, 15) is 24.4 Å². The van der Waals surface area contributed by atoms with E-state index in [4.69, 9.17) is 11.6 Å². The number of rotatable bonds is 7. The Morgan fingerprint density at radius 2 is 1.60 bits per heavy atom. The fourth-order valence-corrected chi connectivity index (χ4v) is 7.74. The van der Waals surface area contributed by atoms with Crippen LogP contribution in [-0.2, 0) is 20.9 Å². The van der Waals surface area contributed by atoms with Gasteiger partial charge in [-0.2, -0.15) is 5.26 Å². The second-order valence-corrected chi connectivity index (χ2v) is 13.1. The largest absolute Gasteiger partial charge is 0.372 e. The minimum atomic E-state index is -0.957. The van der Waals surface area contributed by atoms with Gasteiger partial charge in [-0.3, -0.25) is 19.3 Å². The number of nitrogens with zero attached hydrogens (tertiary/aromatic N) is 6. The molecular formula is C37H39ClN6O4. The predicted molar refractivity (Wildman–Crippen MR) is 186 cm³/mol. The molecule has 3 saturated heterocycles. The Kier molecular flexibility index (Phi) is 9.28. The summed E-state index contributed by atoms with van der Waals surface area (Å²) in [7, 11) is 0. The van der Waals surface area contributed by atoms with E-state index in [1.165, 1.54) is 48.9 Å². The first-order chi connectivity index (χ1) is 23.1. The van der Waals surface area contributed by atoms with E-state index >= 15 is 0 Å². The number of carbonyl (C=O) groups is 4. The van der Waals surface area contributed by atoms with Crippen LogP contribution in [0.25, 0.3) is 11.1 Å². The zero-order chi connectivity index (χ0) is 34.2. The van der Waals surface area contributed by atoms with Crippen molar-refractivity contribution in [3.63, 3.8) is 0 Å². The molecule has 0 aliphatic carbocycles. The molecule has 10 nitrogen and oxygen atoms in total. The third kappa shape index (κ3) is 5.82. The van der Waals surface area contributed by atoms with E-state index in [-0.39, 0.29) is 27.9 Å². The van der Waals surface area contributed by atoms with Gasteiger partial charge in [-0.25, -0.2) is 14.6 Å². The Morgan fingerprint density at radius 3 is 2.19 bits per heavy atom. The molecule has 0 saturated carbocycles. The Hall–Kier alpha value is -4.72. The standard InChI is InChI=1S/C37H39ClN6O4/c1-4-42-36(48)44(33-15-12-28(22-32(33)38)31-9-7-8-29(23-39)34(31)43(25(2)45)26(3)46)35(47)37(42)16-20-40(21-17-37)24-27-10-13-30(14-11-27)41-18-5-6-19-41/h7-15,22H,4-6,16-21,24H2,1-3H3. The van der Waals surface area contributed by atoms with E-state index in [1.807, 2.05) is 6.92 Å². The fraction of sp³-hybridized carbons (Fsp3) is 0.378. The summed E-state index contributed by atoms with van der Waals surface area (Å²) in [5.74, 6) is -1.35. The maximum absolute atomic E-state index is 14.2. The molecule has 0 N–H and O–H groups in total. The highest BCUT2D eigenvalue weighted by Gasteiger charge is 2.58. The molecule has 0 unspecified atom stereocenters. The number of halogens is 1. The molecule has 48 heavy (non-hydrogen) atoms. The number of likely N-dealkylation sites (N-methyl/N-ethyl adjacent to an activating group) is 1. The van der Waals surface area contributed by atoms with Gasteiger partial charge in [0.1, 0.15) is 11.6 Å². The van der Waals surface area contributed by atoms with Gasteiger partial charge in [0.25, 0.3) is 5.91 Å². The fourth-order valence-electron chi connectivity index (χ4n) is 7.48. The first-order valence-electron chi connectivity index (χ1n) is 16.5. The lowest BCUT2D eigenvalue weighted by molar-refractivity contribution is -0.127. The third-order valence-electron chi connectivity index (χ3n) is 9.86. The van der Waals surface area contributed by atoms with Crippen LogP contribution in [0.5, 0.6) is 0 Å². The van der Waals surface area contributed by atoms with E-state index in [0.717, 1.165) is 24.5 Å². The van der Waals surface area contributed by atoms with Crippen LogP contribution >= 0.6 is 11.6 Å². The lowest BCUT2D eigenvalue weighted by Crippen LogP contribution is -2.56. The quantitative estimate of drug-likeness (QED) is 0.276. The molecule has 3 aromatic carbocycles. The van der Waals surface area contributed by atoms with E-state index < -0.39 is 23.4 Å². The highest BCUT2D eigenvalue weighted by Crippen LogP contribution is 2.43. The van der Waals surface area contributed by atoms with Crippen molar-refractivity contribution in [1.82, 2.24) is 9.80 Å². The molecule has 0 radical (unpaired) electrons. The summed E-state index contributed by atoms with van der Waals surface area (Å²) in [5.41, 5.74) is 3.06. The van der Waals surface area contributed by atoms with Crippen molar-refractivity contribution in [3.05, 3.63) is 76.8 Å². The zero-order valence-electron chi connectivity index (χ0n) is 27.5. The van der Waals surface area contributed by atoms with Crippen LogP contribution in [0.3, 0.4) is 0 Å². The van der Waals surface area contributed by atoms with Gasteiger partial charge in [0.2, 0.25) is 11.8 Å². The lowest BCUT2D eigenvalue weighted by Gasteiger charge is -2.42.